The Morgan fingerprint density at radius 3 is 1.88 bits per heavy atom. The summed E-state index contributed by atoms with van der Waals surface area (Å²) in [5.74, 6) is 4.43. The number of terminal acetylenes is 2. The highest BCUT2D eigenvalue weighted by atomic mass is 16.2. The SMILES string of the molecule is C#C[C@@H](C)NC(=O)CN(CC(=O)N[C@H](C)C#C)Cc1ccccc1. The summed E-state index contributed by atoms with van der Waals surface area (Å²) in [5, 5.41) is 5.38. The molecule has 0 aliphatic carbocycles. The van der Waals surface area contributed by atoms with Crippen molar-refractivity contribution < 1.29 is 9.59 Å². The van der Waals surface area contributed by atoms with E-state index in [-0.39, 0.29) is 37.0 Å². The molecule has 0 aliphatic heterocycles. The van der Waals surface area contributed by atoms with Crippen molar-refractivity contribution >= 4 is 11.8 Å². The maximum Gasteiger partial charge on any atom is 0.235 e. The molecule has 126 valence electrons. The van der Waals surface area contributed by atoms with Crippen LogP contribution in [-0.4, -0.2) is 41.9 Å². The third-order valence-corrected chi connectivity index (χ3v) is 3.24. The topological polar surface area (TPSA) is 61.4 Å². The maximum atomic E-state index is 12.1. The van der Waals surface area contributed by atoms with E-state index in [1.807, 2.05) is 30.3 Å². The average molecular weight is 325 g/mol. The summed E-state index contributed by atoms with van der Waals surface area (Å²) in [6.07, 6.45) is 10.5. The highest BCUT2D eigenvalue weighted by Gasteiger charge is 2.16. The summed E-state index contributed by atoms with van der Waals surface area (Å²) in [6, 6.07) is 8.91. The molecule has 1 aromatic carbocycles. The Hall–Kier alpha value is -2.76. The molecule has 0 bridgehead atoms. The van der Waals surface area contributed by atoms with E-state index in [9.17, 15) is 9.59 Å². The fourth-order valence-corrected chi connectivity index (χ4v) is 2.07. The molecule has 0 aromatic heterocycles. The van der Waals surface area contributed by atoms with Crippen molar-refractivity contribution in [3.05, 3.63) is 35.9 Å². The second-order valence-electron chi connectivity index (χ2n) is 5.54. The minimum absolute atomic E-state index is 0.0682. The minimum atomic E-state index is -0.355. The van der Waals surface area contributed by atoms with Crippen molar-refractivity contribution in [3.8, 4) is 24.7 Å². The van der Waals surface area contributed by atoms with Gasteiger partial charge in [-0.3, -0.25) is 14.5 Å². The lowest BCUT2D eigenvalue weighted by molar-refractivity contribution is -0.125. The van der Waals surface area contributed by atoms with Gasteiger partial charge in [-0.1, -0.05) is 42.2 Å². The molecule has 0 radical (unpaired) electrons. The monoisotopic (exact) mass is 325 g/mol. The Kier molecular flexibility index (Phi) is 8.11. The summed E-state index contributed by atoms with van der Waals surface area (Å²) >= 11 is 0. The Morgan fingerprint density at radius 1 is 1.00 bits per heavy atom. The summed E-state index contributed by atoms with van der Waals surface area (Å²) in [5.41, 5.74) is 1.01. The number of nitrogens with zero attached hydrogens (tertiary/aromatic N) is 1. The lowest BCUT2D eigenvalue weighted by Crippen LogP contribution is -2.45. The van der Waals surface area contributed by atoms with E-state index in [0.29, 0.717) is 6.54 Å². The lowest BCUT2D eigenvalue weighted by Gasteiger charge is -2.22. The van der Waals surface area contributed by atoms with Crippen LogP contribution in [0.2, 0.25) is 0 Å². The molecule has 24 heavy (non-hydrogen) atoms. The maximum absolute atomic E-state index is 12.1. The van der Waals surface area contributed by atoms with E-state index in [0.717, 1.165) is 5.56 Å². The van der Waals surface area contributed by atoms with Crippen LogP contribution in [0.4, 0.5) is 0 Å². The van der Waals surface area contributed by atoms with Crippen LogP contribution >= 0.6 is 0 Å². The van der Waals surface area contributed by atoms with Crippen LogP contribution in [0.15, 0.2) is 30.3 Å². The normalized spacial score (nSPS) is 12.5. The van der Waals surface area contributed by atoms with Crippen LogP contribution in [-0.2, 0) is 16.1 Å². The molecule has 0 saturated heterocycles. The number of amides is 2. The van der Waals surface area contributed by atoms with Crippen LogP contribution in [0.1, 0.15) is 19.4 Å². The van der Waals surface area contributed by atoms with Gasteiger partial charge in [0.05, 0.1) is 25.2 Å². The molecular weight excluding hydrogens is 302 g/mol. The second-order valence-corrected chi connectivity index (χ2v) is 5.54. The molecule has 2 N–H and O–H groups in total. The van der Waals surface area contributed by atoms with Gasteiger partial charge < -0.3 is 10.6 Å². The number of hydrogen-bond donors (Lipinski definition) is 2. The molecule has 1 aromatic rings. The molecule has 2 atom stereocenters. The van der Waals surface area contributed by atoms with Crippen LogP contribution in [0.25, 0.3) is 0 Å². The lowest BCUT2D eigenvalue weighted by atomic mass is 10.2. The minimum Gasteiger partial charge on any atom is -0.342 e. The van der Waals surface area contributed by atoms with E-state index < -0.39 is 0 Å². The number of carbonyl (C=O) groups is 2. The van der Waals surface area contributed by atoms with Gasteiger partial charge in [-0.05, 0) is 19.4 Å². The predicted octanol–water partition coefficient (Wildman–Crippen LogP) is 0.764. The number of carbonyl (C=O) groups excluding carboxylic acids is 2. The molecule has 5 heteroatoms. The quantitative estimate of drug-likeness (QED) is 0.694. The fraction of sp³-hybridized carbons (Fsp3) is 0.368. The first-order valence-corrected chi connectivity index (χ1v) is 7.72. The van der Waals surface area contributed by atoms with Crippen LogP contribution in [0, 0.1) is 24.7 Å². The van der Waals surface area contributed by atoms with Gasteiger partial charge in [-0.15, -0.1) is 12.8 Å². The van der Waals surface area contributed by atoms with Crippen LogP contribution < -0.4 is 10.6 Å². The van der Waals surface area contributed by atoms with E-state index in [1.165, 1.54) is 0 Å². The Bertz CT molecular complexity index is 592. The van der Waals surface area contributed by atoms with Crippen molar-refractivity contribution in [2.75, 3.05) is 13.1 Å². The molecule has 0 saturated carbocycles. The van der Waals surface area contributed by atoms with Crippen molar-refractivity contribution in [2.24, 2.45) is 0 Å². The van der Waals surface area contributed by atoms with E-state index >= 15 is 0 Å². The largest absolute Gasteiger partial charge is 0.342 e. The van der Waals surface area contributed by atoms with Crippen LogP contribution in [0.5, 0.6) is 0 Å². The third-order valence-electron chi connectivity index (χ3n) is 3.24. The van der Waals surface area contributed by atoms with Gasteiger partial charge in [0.2, 0.25) is 11.8 Å². The van der Waals surface area contributed by atoms with Crippen molar-refractivity contribution in [1.82, 2.24) is 15.5 Å². The van der Waals surface area contributed by atoms with Gasteiger partial charge >= 0.3 is 0 Å². The van der Waals surface area contributed by atoms with Gasteiger partial charge in [-0.25, -0.2) is 0 Å². The summed E-state index contributed by atoms with van der Waals surface area (Å²) in [7, 11) is 0. The van der Waals surface area contributed by atoms with Gasteiger partial charge in [0.15, 0.2) is 0 Å². The highest BCUT2D eigenvalue weighted by Crippen LogP contribution is 2.04. The zero-order valence-electron chi connectivity index (χ0n) is 14.1. The van der Waals surface area contributed by atoms with Crippen molar-refractivity contribution in [3.63, 3.8) is 0 Å². The van der Waals surface area contributed by atoms with E-state index in [4.69, 9.17) is 12.8 Å². The van der Waals surface area contributed by atoms with E-state index in [1.54, 1.807) is 18.7 Å². The molecule has 2 amide bonds. The summed E-state index contributed by atoms with van der Waals surface area (Å²) < 4.78 is 0. The molecule has 5 nitrogen and oxygen atoms in total. The molecule has 0 heterocycles. The first kappa shape index (κ1) is 19.3. The Balaban J connectivity index is 2.72. The summed E-state index contributed by atoms with van der Waals surface area (Å²) in [6.45, 7) is 4.05. The molecular formula is C19H23N3O2. The summed E-state index contributed by atoms with van der Waals surface area (Å²) in [4.78, 5) is 25.9. The smallest absolute Gasteiger partial charge is 0.235 e. The predicted molar refractivity (Wildman–Crippen MR) is 94.6 cm³/mol. The number of hydrogen-bond acceptors (Lipinski definition) is 3. The number of rotatable bonds is 8. The highest BCUT2D eigenvalue weighted by molar-refractivity contribution is 5.81. The third kappa shape index (κ3) is 7.49. The molecule has 1 rings (SSSR count). The Labute approximate surface area is 143 Å². The fourth-order valence-electron chi connectivity index (χ4n) is 2.07. The van der Waals surface area contributed by atoms with Gasteiger partial charge in [-0.2, -0.15) is 0 Å². The zero-order chi connectivity index (χ0) is 17.9. The molecule has 0 aliphatic rings. The van der Waals surface area contributed by atoms with Crippen molar-refractivity contribution in [2.45, 2.75) is 32.5 Å². The van der Waals surface area contributed by atoms with Gasteiger partial charge in [0.1, 0.15) is 0 Å². The first-order chi connectivity index (χ1) is 11.4. The number of nitrogens with one attached hydrogen (secondary N) is 2. The Morgan fingerprint density at radius 2 is 1.46 bits per heavy atom. The zero-order valence-corrected chi connectivity index (χ0v) is 14.1. The van der Waals surface area contributed by atoms with Gasteiger partial charge in [0, 0.05) is 6.54 Å². The van der Waals surface area contributed by atoms with E-state index in [2.05, 4.69) is 22.5 Å². The molecule has 0 unspecified atom stereocenters. The molecule has 0 spiro atoms. The van der Waals surface area contributed by atoms with Crippen molar-refractivity contribution in [1.29, 1.82) is 0 Å². The first-order valence-electron chi connectivity index (χ1n) is 7.72. The van der Waals surface area contributed by atoms with Gasteiger partial charge in [0.25, 0.3) is 0 Å². The second kappa shape index (κ2) is 10.1. The average Bonchev–Trinajstić information content (AvgIpc) is 2.55. The standard InChI is InChI=1S/C19H23N3O2/c1-5-15(3)20-18(23)13-22(12-17-10-8-7-9-11-17)14-19(24)21-16(4)6-2/h1-2,7-11,15-16H,12-14H2,3-4H3,(H,20,23)(H,21,24)/t15-,16-/m1/s1. The van der Waals surface area contributed by atoms with Crippen LogP contribution in [0.3, 0.4) is 0 Å². The molecule has 0 fully saturated rings. The number of benzene rings is 1.